The molecule has 1 N–H and O–H groups in total. The summed E-state index contributed by atoms with van der Waals surface area (Å²) in [6.07, 6.45) is 3.27. The minimum atomic E-state index is -0.289. The fraction of sp³-hybridized carbons (Fsp3) is 0.545. The van der Waals surface area contributed by atoms with Crippen LogP contribution in [0.3, 0.4) is 0 Å². The SMILES string of the molecule is Cn1nc2c(c(C=NO)c1=O)N1CCCC1CO2. The van der Waals surface area contributed by atoms with E-state index in [1.807, 2.05) is 0 Å². The highest BCUT2D eigenvalue weighted by molar-refractivity contribution is 5.89. The Morgan fingerprint density at radius 3 is 3.22 bits per heavy atom. The molecule has 2 aliphatic rings. The molecule has 1 aromatic rings. The van der Waals surface area contributed by atoms with Crippen LogP contribution >= 0.6 is 0 Å². The van der Waals surface area contributed by atoms with E-state index in [2.05, 4.69) is 15.2 Å². The van der Waals surface area contributed by atoms with Crippen LogP contribution in [-0.2, 0) is 7.05 Å². The quantitative estimate of drug-likeness (QED) is 0.429. The third-order valence-corrected chi connectivity index (χ3v) is 3.49. The van der Waals surface area contributed by atoms with Gasteiger partial charge in [-0.2, -0.15) is 0 Å². The maximum atomic E-state index is 12.0. The number of oxime groups is 1. The van der Waals surface area contributed by atoms with Gasteiger partial charge >= 0.3 is 0 Å². The summed E-state index contributed by atoms with van der Waals surface area (Å²) >= 11 is 0. The van der Waals surface area contributed by atoms with Crippen molar-refractivity contribution in [3.63, 3.8) is 0 Å². The van der Waals surface area contributed by atoms with E-state index in [4.69, 9.17) is 9.94 Å². The van der Waals surface area contributed by atoms with Crippen LogP contribution in [-0.4, -0.2) is 40.4 Å². The number of ether oxygens (including phenoxy) is 1. The summed E-state index contributed by atoms with van der Waals surface area (Å²) in [5.41, 5.74) is 0.698. The lowest BCUT2D eigenvalue weighted by molar-refractivity contribution is 0.254. The molecule has 0 saturated carbocycles. The van der Waals surface area contributed by atoms with Crippen LogP contribution in [0.2, 0.25) is 0 Å². The summed E-state index contributed by atoms with van der Waals surface area (Å²) < 4.78 is 6.81. The van der Waals surface area contributed by atoms with Gasteiger partial charge in [-0.1, -0.05) is 5.16 Å². The molecule has 2 aliphatic heterocycles. The Morgan fingerprint density at radius 1 is 1.61 bits per heavy atom. The Balaban J connectivity index is 2.24. The third kappa shape index (κ3) is 1.47. The number of hydrogen-bond acceptors (Lipinski definition) is 6. The van der Waals surface area contributed by atoms with Gasteiger partial charge in [-0.3, -0.25) is 4.79 Å². The highest BCUT2D eigenvalue weighted by Gasteiger charge is 2.35. The van der Waals surface area contributed by atoms with Crippen LogP contribution < -0.4 is 15.2 Å². The van der Waals surface area contributed by atoms with Crippen molar-refractivity contribution in [2.75, 3.05) is 18.1 Å². The van der Waals surface area contributed by atoms with Crippen molar-refractivity contribution in [2.24, 2.45) is 12.2 Å². The van der Waals surface area contributed by atoms with Gasteiger partial charge in [0, 0.05) is 13.6 Å². The summed E-state index contributed by atoms with van der Waals surface area (Å²) in [6, 6.07) is 0.289. The van der Waals surface area contributed by atoms with Gasteiger partial charge in [0.2, 0.25) is 0 Å². The van der Waals surface area contributed by atoms with E-state index < -0.39 is 0 Å². The molecule has 3 heterocycles. The Labute approximate surface area is 103 Å². The third-order valence-electron chi connectivity index (χ3n) is 3.49. The summed E-state index contributed by atoms with van der Waals surface area (Å²) in [7, 11) is 1.55. The second kappa shape index (κ2) is 4.01. The number of rotatable bonds is 1. The average Bonchev–Trinajstić information content (AvgIpc) is 2.82. The van der Waals surface area contributed by atoms with E-state index >= 15 is 0 Å². The zero-order valence-electron chi connectivity index (χ0n) is 10.0. The fourth-order valence-electron chi connectivity index (χ4n) is 2.65. The molecule has 1 fully saturated rings. The molecule has 0 aromatic carbocycles. The van der Waals surface area contributed by atoms with Gasteiger partial charge < -0.3 is 14.8 Å². The molecule has 0 bridgehead atoms. The molecule has 7 nitrogen and oxygen atoms in total. The van der Waals surface area contributed by atoms with Crippen molar-refractivity contribution in [3.05, 3.63) is 15.9 Å². The Morgan fingerprint density at radius 2 is 2.44 bits per heavy atom. The van der Waals surface area contributed by atoms with E-state index in [0.717, 1.165) is 25.6 Å². The molecular weight excluding hydrogens is 236 g/mol. The smallest absolute Gasteiger partial charge is 0.277 e. The zero-order chi connectivity index (χ0) is 12.7. The Hall–Kier alpha value is -2.05. The lowest BCUT2D eigenvalue weighted by Gasteiger charge is -2.33. The van der Waals surface area contributed by atoms with Gasteiger partial charge in [0.05, 0.1) is 17.8 Å². The molecule has 0 amide bonds. The summed E-state index contributed by atoms with van der Waals surface area (Å²) in [5, 5.41) is 15.8. The highest BCUT2D eigenvalue weighted by Crippen LogP contribution is 2.37. The molecule has 18 heavy (non-hydrogen) atoms. The number of hydrogen-bond donors (Lipinski definition) is 1. The molecular formula is C11H14N4O3. The molecule has 1 atom stereocenters. The second-order valence-corrected chi connectivity index (χ2v) is 4.54. The summed E-state index contributed by atoms with van der Waals surface area (Å²) in [5.74, 6) is 0.435. The molecule has 7 heteroatoms. The monoisotopic (exact) mass is 250 g/mol. The van der Waals surface area contributed by atoms with E-state index in [0.29, 0.717) is 23.7 Å². The first kappa shape index (κ1) is 11.1. The maximum absolute atomic E-state index is 12.0. The van der Waals surface area contributed by atoms with Crippen LogP contribution in [0.5, 0.6) is 5.88 Å². The predicted molar refractivity (Wildman–Crippen MR) is 64.7 cm³/mol. The van der Waals surface area contributed by atoms with E-state index in [9.17, 15) is 4.79 Å². The summed E-state index contributed by atoms with van der Waals surface area (Å²) in [4.78, 5) is 14.2. The lowest BCUT2D eigenvalue weighted by atomic mass is 10.1. The molecule has 96 valence electrons. The molecule has 3 rings (SSSR count). The molecule has 0 radical (unpaired) electrons. The number of aryl methyl sites for hydroxylation is 1. The Bertz CT molecular complexity index is 566. The standard InChI is InChI=1S/C11H14N4O3/c1-14-11(16)8(5-12-17)9-10(13-14)18-6-7-3-2-4-15(7)9/h5,7,17H,2-4,6H2,1H3. The number of fused-ring (bicyclic) bond motifs is 3. The van der Waals surface area contributed by atoms with Crippen molar-refractivity contribution in [2.45, 2.75) is 18.9 Å². The molecule has 1 unspecified atom stereocenters. The maximum Gasteiger partial charge on any atom is 0.277 e. The minimum Gasteiger partial charge on any atom is -0.473 e. The van der Waals surface area contributed by atoms with E-state index in [-0.39, 0.29) is 11.6 Å². The molecule has 0 spiro atoms. The van der Waals surface area contributed by atoms with Crippen LogP contribution in [0.15, 0.2) is 9.95 Å². The predicted octanol–water partition coefficient (Wildman–Crippen LogP) is -0.0504. The topological polar surface area (TPSA) is 79.9 Å². The van der Waals surface area contributed by atoms with E-state index in [1.54, 1.807) is 7.05 Å². The number of anilines is 1. The van der Waals surface area contributed by atoms with Crippen LogP contribution in [0, 0.1) is 0 Å². The van der Waals surface area contributed by atoms with Gasteiger partial charge in [-0.15, -0.1) is 5.10 Å². The van der Waals surface area contributed by atoms with Gasteiger partial charge in [-0.05, 0) is 12.8 Å². The minimum absolute atomic E-state index is 0.289. The van der Waals surface area contributed by atoms with Gasteiger partial charge in [0.15, 0.2) is 0 Å². The van der Waals surface area contributed by atoms with Gasteiger partial charge in [0.1, 0.15) is 12.3 Å². The molecule has 0 aliphatic carbocycles. The van der Waals surface area contributed by atoms with Gasteiger partial charge in [-0.25, -0.2) is 4.68 Å². The first-order valence-electron chi connectivity index (χ1n) is 5.90. The largest absolute Gasteiger partial charge is 0.473 e. The van der Waals surface area contributed by atoms with Crippen molar-refractivity contribution < 1.29 is 9.94 Å². The summed E-state index contributed by atoms with van der Waals surface area (Å²) in [6.45, 7) is 1.47. The highest BCUT2D eigenvalue weighted by atomic mass is 16.5. The molecule has 1 saturated heterocycles. The van der Waals surface area contributed by atoms with E-state index in [1.165, 1.54) is 4.68 Å². The van der Waals surface area contributed by atoms with Crippen LogP contribution in [0.1, 0.15) is 18.4 Å². The Kier molecular flexibility index (Phi) is 2.46. The van der Waals surface area contributed by atoms with Crippen molar-refractivity contribution >= 4 is 11.9 Å². The number of nitrogens with zero attached hydrogens (tertiary/aromatic N) is 4. The van der Waals surface area contributed by atoms with Crippen LogP contribution in [0.25, 0.3) is 0 Å². The first-order chi connectivity index (χ1) is 8.72. The number of aromatic nitrogens is 2. The fourth-order valence-corrected chi connectivity index (χ4v) is 2.65. The normalized spacial score (nSPS) is 21.8. The van der Waals surface area contributed by atoms with Crippen molar-refractivity contribution in [3.8, 4) is 5.88 Å². The first-order valence-corrected chi connectivity index (χ1v) is 5.90. The lowest BCUT2D eigenvalue weighted by Crippen LogP contribution is -2.41. The second-order valence-electron chi connectivity index (χ2n) is 4.54. The van der Waals surface area contributed by atoms with Crippen molar-refractivity contribution in [1.29, 1.82) is 0 Å². The molecule has 1 aromatic heterocycles. The average molecular weight is 250 g/mol. The van der Waals surface area contributed by atoms with Crippen LogP contribution in [0.4, 0.5) is 5.69 Å². The van der Waals surface area contributed by atoms with Gasteiger partial charge in [0.25, 0.3) is 11.4 Å². The zero-order valence-corrected chi connectivity index (χ0v) is 10.0. The van der Waals surface area contributed by atoms with Crippen molar-refractivity contribution in [1.82, 2.24) is 9.78 Å².